The summed E-state index contributed by atoms with van der Waals surface area (Å²) < 4.78 is 40.1. The fraction of sp³-hybridized carbons (Fsp3) is 0.273. The van der Waals surface area contributed by atoms with Crippen LogP contribution in [0.2, 0.25) is 0 Å². The largest absolute Gasteiger partial charge is 0.361 e. The summed E-state index contributed by atoms with van der Waals surface area (Å²) in [7, 11) is 0. The first-order valence-corrected chi connectivity index (χ1v) is 9.66. The molecule has 5 nitrogen and oxygen atoms in total. The number of aromatic nitrogens is 1. The molecule has 0 unspecified atom stereocenters. The monoisotopic (exact) mass is 417 g/mol. The van der Waals surface area contributed by atoms with E-state index in [1.807, 2.05) is 37.4 Å². The summed E-state index contributed by atoms with van der Waals surface area (Å²) in [6.45, 7) is 1.91. The molecule has 0 bridgehead atoms. The maximum Gasteiger partial charge on any atom is 0.244 e. The Hall–Kier alpha value is -3.29. The number of nitrogens with zero attached hydrogens (tertiary/aromatic N) is 1. The Morgan fingerprint density at radius 1 is 1.07 bits per heavy atom. The van der Waals surface area contributed by atoms with Gasteiger partial charge in [-0.1, -0.05) is 25.1 Å². The molecule has 1 heterocycles. The molecule has 0 radical (unpaired) electrons. The van der Waals surface area contributed by atoms with Crippen molar-refractivity contribution in [3.8, 4) is 0 Å². The summed E-state index contributed by atoms with van der Waals surface area (Å²) in [4.78, 5) is 29.5. The van der Waals surface area contributed by atoms with Gasteiger partial charge in [-0.05, 0) is 36.6 Å². The number of amides is 2. The molecule has 0 spiro atoms. The molecular formula is C22H22F3N3O2. The molecule has 30 heavy (non-hydrogen) atoms. The van der Waals surface area contributed by atoms with E-state index in [0.29, 0.717) is 19.4 Å². The fourth-order valence-corrected chi connectivity index (χ4v) is 3.29. The van der Waals surface area contributed by atoms with E-state index in [-0.39, 0.29) is 18.9 Å². The lowest BCUT2D eigenvalue weighted by Crippen LogP contribution is -2.38. The number of rotatable bonds is 8. The number of benzene rings is 2. The molecule has 8 heteroatoms. The summed E-state index contributed by atoms with van der Waals surface area (Å²) in [5.41, 5.74) is 1.52. The second-order valence-electron chi connectivity index (χ2n) is 6.95. The number of hydrogen-bond acceptors (Lipinski definition) is 2. The molecular weight excluding hydrogens is 395 g/mol. The van der Waals surface area contributed by atoms with Crippen molar-refractivity contribution in [3.63, 3.8) is 0 Å². The number of anilines is 1. The van der Waals surface area contributed by atoms with Crippen molar-refractivity contribution in [2.75, 3.05) is 18.4 Å². The maximum absolute atomic E-state index is 13.8. The molecule has 1 aromatic heterocycles. The van der Waals surface area contributed by atoms with Crippen LogP contribution < -0.4 is 5.32 Å². The molecule has 2 N–H and O–H groups in total. The number of carbonyl (C=O) groups excluding carboxylic acids is 2. The van der Waals surface area contributed by atoms with Gasteiger partial charge >= 0.3 is 0 Å². The van der Waals surface area contributed by atoms with Crippen LogP contribution in [-0.4, -0.2) is 34.8 Å². The summed E-state index contributed by atoms with van der Waals surface area (Å²) in [5, 5.41) is 3.24. The number of para-hydroxylation sites is 1. The van der Waals surface area contributed by atoms with E-state index < -0.39 is 29.0 Å². The van der Waals surface area contributed by atoms with Crippen LogP contribution in [0.4, 0.5) is 18.9 Å². The zero-order valence-corrected chi connectivity index (χ0v) is 16.5. The molecule has 2 aromatic carbocycles. The lowest BCUT2D eigenvalue weighted by Gasteiger charge is -2.21. The maximum atomic E-state index is 13.8. The normalized spacial score (nSPS) is 10.9. The molecule has 0 aliphatic carbocycles. The van der Waals surface area contributed by atoms with Gasteiger partial charge < -0.3 is 15.2 Å². The van der Waals surface area contributed by atoms with Crippen molar-refractivity contribution >= 4 is 28.4 Å². The standard InChI is InChI=1S/C22H22F3N3O2/c1-2-11-28(13-19(29)27-18-9-8-16(23)21(24)22(18)25)20(30)10-7-14-12-26-17-6-4-3-5-15(14)17/h3-6,8-9,12,26H,2,7,10-11,13H2,1H3,(H,27,29). The molecule has 158 valence electrons. The second kappa shape index (κ2) is 9.47. The number of halogens is 3. The van der Waals surface area contributed by atoms with Crippen molar-refractivity contribution in [3.05, 3.63) is 65.6 Å². The lowest BCUT2D eigenvalue weighted by atomic mass is 10.1. The van der Waals surface area contributed by atoms with Gasteiger partial charge in [0.2, 0.25) is 11.8 Å². The quantitative estimate of drug-likeness (QED) is 0.534. The third-order valence-electron chi connectivity index (χ3n) is 4.77. The average Bonchev–Trinajstić information content (AvgIpc) is 3.15. The number of carbonyl (C=O) groups is 2. The van der Waals surface area contributed by atoms with Crippen LogP contribution >= 0.6 is 0 Å². The summed E-state index contributed by atoms with van der Waals surface area (Å²) in [6.07, 6.45) is 3.20. The van der Waals surface area contributed by atoms with E-state index >= 15 is 0 Å². The Labute approximate surface area is 171 Å². The van der Waals surface area contributed by atoms with Crippen LogP contribution in [0.1, 0.15) is 25.3 Å². The van der Waals surface area contributed by atoms with E-state index in [1.54, 1.807) is 0 Å². The van der Waals surface area contributed by atoms with E-state index in [2.05, 4.69) is 10.3 Å². The van der Waals surface area contributed by atoms with Gasteiger partial charge in [0.25, 0.3) is 0 Å². The zero-order valence-electron chi connectivity index (χ0n) is 16.5. The highest BCUT2D eigenvalue weighted by Crippen LogP contribution is 2.21. The molecule has 0 saturated carbocycles. The fourth-order valence-electron chi connectivity index (χ4n) is 3.29. The van der Waals surface area contributed by atoms with Gasteiger partial charge in [0.05, 0.1) is 12.2 Å². The van der Waals surface area contributed by atoms with E-state index in [9.17, 15) is 22.8 Å². The minimum Gasteiger partial charge on any atom is -0.361 e. The number of fused-ring (bicyclic) bond motifs is 1. The molecule has 0 aliphatic rings. The van der Waals surface area contributed by atoms with Crippen LogP contribution in [0.3, 0.4) is 0 Å². The Morgan fingerprint density at radius 2 is 1.83 bits per heavy atom. The van der Waals surface area contributed by atoms with Crippen LogP contribution in [-0.2, 0) is 16.0 Å². The molecule has 0 saturated heterocycles. The van der Waals surface area contributed by atoms with Crippen molar-refractivity contribution in [2.45, 2.75) is 26.2 Å². The topological polar surface area (TPSA) is 65.2 Å². The molecule has 0 aliphatic heterocycles. The second-order valence-corrected chi connectivity index (χ2v) is 6.95. The predicted octanol–water partition coefficient (Wildman–Crippen LogP) is 4.40. The Balaban J connectivity index is 1.62. The van der Waals surface area contributed by atoms with Gasteiger partial charge in [-0.2, -0.15) is 0 Å². The lowest BCUT2D eigenvalue weighted by molar-refractivity contribution is -0.134. The Kier molecular flexibility index (Phi) is 6.76. The molecule has 2 amide bonds. The third-order valence-corrected chi connectivity index (χ3v) is 4.77. The highest BCUT2D eigenvalue weighted by Gasteiger charge is 2.20. The number of H-pyrrole nitrogens is 1. The molecule has 0 fully saturated rings. The van der Waals surface area contributed by atoms with Crippen LogP contribution in [0.25, 0.3) is 10.9 Å². The number of aryl methyl sites for hydroxylation is 1. The highest BCUT2D eigenvalue weighted by molar-refractivity contribution is 5.94. The highest BCUT2D eigenvalue weighted by atomic mass is 19.2. The van der Waals surface area contributed by atoms with Crippen molar-refractivity contribution < 1.29 is 22.8 Å². The molecule has 0 atom stereocenters. The summed E-state index contributed by atoms with van der Waals surface area (Å²) >= 11 is 0. The smallest absolute Gasteiger partial charge is 0.244 e. The van der Waals surface area contributed by atoms with Gasteiger partial charge in [-0.15, -0.1) is 0 Å². The van der Waals surface area contributed by atoms with E-state index in [0.717, 1.165) is 28.6 Å². The van der Waals surface area contributed by atoms with Gasteiger partial charge in [-0.3, -0.25) is 9.59 Å². The van der Waals surface area contributed by atoms with E-state index in [1.165, 1.54) is 4.90 Å². The Morgan fingerprint density at radius 3 is 2.60 bits per heavy atom. The zero-order chi connectivity index (χ0) is 21.7. The number of aromatic amines is 1. The SMILES string of the molecule is CCCN(CC(=O)Nc1ccc(F)c(F)c1F)C(=O)CCc1c[nH]c2ccccc12. The Bertz CT molecular complexity index is 1060. The van der Waals surface area contributed by atoms with Crippen molar-refractivity contribution in [2.24, 2.45) is 0 Å². The molecule has 3 rings (SSSR count). The number of nitrogens with one attached hydrogen (secondary N) is 2. The van der Waals surface area contributed by atoms with Gasteiger partial charge in [-0.25, -0.2) is 13.2 Å². The minimum atomic E-state index is -1.66. The predicted molar refractivity (Wildman–Crippen MR) is 108 cm³/mol. The number of hydrogen-bond donors (Lipinski definition) is 2. The first-order valence-electron chi connectivity index (χ1n) is 9.66. The average molecular weight is 417 g/mol. The van der Waals surface area contributed by atoms with Crippen LogP contribution in [0, 0.1) is 17.5 Å². The molecule has 3 aromatic rings. The van der Waals surface area contributed by atoms with E-state index in [4.69, 9.17) is 0 Å². The summed E-state index contributed by atoms with van der Waals surface area (Å²) in [6, 6.07) is 9.43. The van der Waals surface area contributed by atoms with Crippen molar-refractivity contribution in [1.29, 1.82) is 0 Å². The van der Waals surface area contributed by atoms with Crippen molar-refractivity contribution in [1.82, 2.24) is 9.88 Å². The van der Waals surface area contributed by atoms with Crippen LogP contribution in [0.5, 0.6) is 0 Å². The minimum absolute atomic E-state index is 0.203. The van der Waals surface area contributed by atoms with Gasteiger partial charge in [0, 0.05) is 30.1 Å². The summed E-state index contributed by atoms with van der Waals surface area (Å²) in [5.74, 6) is -5.38. The van der Waals surface area contributed by atoms with Gasteiger partial charge in [0.1, 0.15) is 0 Å². The first kappa shape index (κ1) is 21.4. The first-order chi connectivity index (χ1) is 14.4. The third kappa shape index (κ3) is 4.82. The van der Waals surface area contributed by atoms with Gasteiger partial charge in [0.15, 0.2) is 17.5 Å². The van der Waals surface area contributed by atoms with Crippen LogP contribution in [0.15, 0.2) is 42.6 Å².